The molecule has 0 saturated heterocycles. The molecule has 0 amide bonds. The lowest BCUT2D eigenvalue weighted by molar-refractivity contribution is -0.138. The minimum Gasteiger partial charge on any atom is -0.458 e. The topological polar surface area (TPSA) is 26.3 Å². The molecule has 0 N–H and O–H groups in total. The molecule has 0 bridgehead atoms. The number of rotatable bonds is 3. The molecule has 1 aromatic rings. The molecule has 0 saturated carbocycles. The van der Waals surface area contributed by atoms with Crippen LogP contribution in [0, 0.1) is 11.3 Å². The second-order valence-corrected chi connectivity index (χ2v) is 2.88. The lowest BCUT2D eigenvalue weighted by Gasteiger charge is -2.04. The van der Waals surface area contributed by atoms with E-state index in [1.807, 2.05) is 24.3 Å². The van der Waals surface area contributed by atoms with Gasteiger partial charge >= 0.3 is 5.97 Å². The van der Waals surface area contributed by atoms with Crippen molar-refractivity contribution in [2.45, 2.75) is 6.61 Å². The molecule has 0 aliphatic carbocycles. The van der Waals surface area contributed by atoms with Gasteiger partial charge in [0.1, 0.15) is 6.61 Å². The number of benzene rings is 1. The number of carbonyl (C=O) groups excluding carboxylic acids is 1. The van der Waals surface area contributed by atoms with Gasteiger partial charge in [0.15, 0.2) is 0 Å². The van der Waals surface area contributed by atoms with Crippen molar-refractivity contribution >= 4 is 17.6 Å². The standard InChI is InChI=1S/C12H9ClO2/c1-2-12(14)15-9-11-6-4-3-5-10(11)7-8-13/h2-6H,1,9H2. The van der Waals surface area contributed by atoms with Crippen LogP contribution in [0.3, 0.4) is 0 Å². The molecule has 2 nitrogen and oxygen atoms in total. The molecule has 3 heteroatoms. The molecule has 0 radical (unpaired) electrons. The zero-order chi connectivity index (χ0) is 11.1. The molecule has 0 aromatic heterocycles. The maximum absolute atomic E-state index is 10.9. The molecule has 1 rings (SSSR count). The van der Waals surface area contributed by atoms with Gasteiger partial charge in [-0.2, -0.15) is 0 Å². The molecule has 15 heavy (non-hydrogen) atoms. The van der Waals surface area contributed by atoms with Crippen molar-refractivity contribution in [1.29, 1.82) is 0 Å². The fourth-order valence-corrected chi connectivity index (χ4v) is 1.13. The summed E-state index contributed by atoms with van der Waals surface area (Å²) < 4.78 is 4.90. The summed E-state index contributed by atoms with van der Waals surface area (Å²) in [5.74, 6) is 2.26. The molecule has 0 atom stereocenters. The minimum atomic E-state index is -0.455. The van der Waals surface area contributed by atoms with Crippen LogP contribution in [-0.4, -0.2) is 5.97 Å². The SMILES string of the molecule is C=CC(=O)OCc1ccccc1C#CCl. The van der Waals surface area contributed by atoms with Crippen molar-refractivity contribution in [3.05, 3.63) is 48.0 Å². The van der Waals surface area contributed by atoms with Crippen molar-refractivity contribution in [3.8, 4) is 11.3 Å². The zero-order valence-electron chi connectivity index (χ0n) is 8.00. The third kappa shape index (κ3) is 3.49. The van der Waals surface area contributed by atoms with E-state index in [9.17, 15) is 4.79 Å². The molecular weight excluding hydrogens is 212 g/mol. The Labute approximate surface area is 93.5 Å². The van der Waals surface area contributed by atoms with E-state index < -0.39 is 5.97 Å². The van der Waals surface area contributed by atoms with Crippen LogP contribution in [0.5, 0.6) is 0 Å². The van der Waals surface area contributed by atoms with Crippen molar-refractivity contribution < 1.29 is 9.53 Å². The van der Waals surface area contributed by atoms with Crippen molar-refractivity contribution in [3.63, 3.8) is 0 Å². The summed E-state index contributed by atoms with van der Waals surface area (Å²) in [4.78, 5) is 10.9. The van der Waals surface area contributed by atoms with Gasteiger partial charge in [-0.3, -0.25) is 0 Å². The van der Waals surface area contributed by atoms with Crippen LogP contribution in [0.2, 0.25) is 0 Å². The normalized spacial score (nSPS) is 8.60. The van der Waals surface area contributed by atoms with Crippen LogP contribution in [0.25, 0.3) is 0 Å². The molecule has 76 valence electrons. The Hall–Kier alpha value is -1.72. The lowest BCUT2D eigenvalue weighted by Crippen LogP contribution is -2.01. The van der Waals surface area contributed by atoms with E-state index in [1.165, 1.54) is 0 Å². The van der Waals surface area contributed by atoms with E-state index in [0.29, 0.717) is 0 Å². The summed E-state index contributed by atoms with van der Waals surface area (Å²) in [6, 6.07) is 7.32. The Bertz CT molecular complexity index is 427. The summed E-state index contributed by atoms with van der Waals surface area (Å²) in [7, 11) is 0. The summed E-state index contributed by atoms with van der Waals surface area (Å²) in [5, 5.41) is 2.29. The van der Waals surface area contributed by atoms with E-state index in [2.05, 4.69) is 17.9 Å². The quantitative estimate of drug-likeness (QED) is 0.444. The Balaban J connectivity index is 2.78. The van der Waals surface area contributed by atoms with Gasteiger partial charge in [0.05, 0.1) is 0 Å². The third-order valence-corrected chi connectivity index (χ3v) is 1.83. The predicted molar refractivity (Wildman–Crippen MR) is 59.2 cm³/mol. The second-order valence-electron chi connectivity index (χ2n) is 2.69. The zero-order valence-corrected chi connectivity index (χ0v) is 8.75. The van der Waals surface area contributed by atoms with Crippen molar-refractivity contribution in [2.24, 2.45) is 0 Å². The molecule has 0 unspecified atom stereocenters. The monoisotopic (exact) mass is 220 g/mol. The smallest absolute Gasteiger partial charge is 0.330 e. The first-order valence-electron chi connectivity index (χ1n) is 4.26. The predicted octanol–water partition coefficient (Wildman–Crippen LogP) is 2.46. The molecule has 0 aliphatic heterocycles. The first-order valence-corrected chi connectivity index (χ1v) is 4.64. The highest BCUT2D eigenvalue weighted by molar-refractivity contribution is 6.30. The fraction of sp³-hybridized carbons (Fsp3) is 0.0833. The molecule has 0 fully saturated rings. The van der Waals surface area contributed by atoms with Gasteiger partial charge in [-0.15, -0.1) is 0 Å². The molecule has 0 spiro atoms. The summed E-state index contributed by atoms with van der Waals surface area (Å²) in [6.07, 6.45) is 1.12. The van der Waals surface area contributed by atoms with E-state index in [1.54, 1.807) is 0 Å². The van der Waals surface area contributed by atoms with Gasteiger partial charge in [0.2, 0.25) is 0 Å². The third-order valence-electron chi connectivity index (χ3n) is 1.74. The average Bonchev–Trinajstić information content (AvgIpc) is 2.28. The van der Waals surface area contributed by atoms with Crippen LogP contribution >= 0.6 is 11.6 Å². The Morgan fingerprint density at radius 3 is 2.93 bits per heavy atom. The molecular formula is C12H9ClO2. The van der Waals surface area contributed by atoms with Crippen LogP contribution in [0.15, 0.2) is 36.9 Å². The van der Waals surface area contributed by atoms with Crippen molar-refractivity contribution in [1.82, 2.24) is 0 Å². The fourth-order valence-electron chi connectivity index (χ4n) is 1.03. The molecule has 0 aliphatic rings. The highest BCUT2D eigenvalue weighted by Crippen LogP contribution is 2.09. The van der Waals surface area contributed by atoms with E-state index >= 15 is 0 Å². The summed E-state index contributed by atoms with van der Waals surface area (Å²) in [5.41, 5.74) is 1.57. The number of esters is 1. The highest BCUT2D eigenvalue weighted by atomic mass is 35.5. The first kappa shape index (κ1) is 11.4. The van der Waals surface area contributed by atoms with E-state index in [4.69, 9.17) is 16.3 Å². The number of hydrogen-bond acceptors (Lipinski definition) is 2. The van der Waals surface area contributed by atoms with Crippen LogP contribution in [-0.2, 0) is 16.1 Å². The summed E-state index contributed by atoms with van der Waals surface area (Å²) >= 11 is 5.31. The van der Waals surface area contributed by atoms with Gasteiger partial charge in [-0.05, 0) is 23.6 Å². The van der Waals surface area contributed by atoms with Gasteiger partial charge in [0.25, 0.3) is 0 Å². The van der Waals surface area contributed by atoms with Crippen molar-refractivity contribution in [2.75, 3.05) is 0 Å². The second kappa shape index (κ2) is 5.90. The highest BCUT2D eigenvalue weighted by Gasteiger charge is 2.01. The average molecular weight is 221 g/mol. The van der Waals surface area contributed by atoms with Gasteiger partial charge < -0.3 is 4.74 Å². The van der Waals surface area contributed by atoms with E-state index in [-0.39, 0.29) is 6.61 Å². The maximum atomic E-state index is 10.9. The summed E-state index contributed by atoms with van der Waals surface area (Å²) in [6.45, 7) is 3.48. The van der Waals surface area contributed by atoms with Gasteiger partial charge in [-0.25, -0.2) is 4.79 Å². The van der Waals surface area contributed by atoms with Crippen LogP contribution < -0.4 is 0 Å². The number of halogens is 1. The minimum absolute atomic E-state index is 0.173. The number of ether oxygens (including phenoxy) is 1. The van der Waals surface area contributed by atoms with E-state index in [0.717, 1.165) is 17.2 Å². The van der Waals surface area contributed by atoms with Gasteiger partial charge in [0, 0.05) is 22.6 Å². The lowest BCUT2D eigenvalue weighted by atomic mass is 10.1. The number of carbonyl (C=O) groups is 1. The Kier molecular flexibility index (Phi) is 4.46. The number of hydrogen-bond donors (Lipinski definition) is 0. The van der Waals surface area contributed by atoms with Crippen LogP contribution in [0.1, 0.15) is 11.1 Å². The van der Waals surface area contributed by atoms with Crippen LogP contribution in [0.4, 0.5) is 0 Å². The largest absolute Gasteiger partial charge is 0.458 e. The maximum Gasteiger partial charge on any atom is 0.330 e. The Morgan fingerprint density at radius 2 is 2.27 bits per heavy atom. The first-order chi connectivity index (χ1) is 7.27. The molecule has 0 heterocycles. The van der Waals surface area contributed by atoms with Gasteiger partial charge in [-0.1, -0.05) is 24.8 Å². The molecule has 1 aromatic carbocycles. The Morgan fingerprint density at radius 1 is 1.53 bits per heavy atom.